The van der Waals surface area contributed by atoms with E-state index < -0.39 is 24.8 Å². The van der Waals surface area contributed by atoms with Gasteiger partial charge in [-0.3, -0.25) is 4.74 Å². The number of hydrogen-bond acceptors (Lipinski definition) is 2. The fraction of sp³-hybridized carbons (Fsp3) is 1.00. The van der Waals surface area contributed by atoms with Crippen LogP contribution in [0.3, 0.4) is 0 Å². The van der Waals surface area contributed by atoms with Gasteiger partial charge in [0.25, 0.3) is 6.36 Å². The summed E-state index contributed by atoms with van der Waals surface area (Å²) in [5.41, 5.74) is 0. The minimum Gasteiger partial charge on any atom is -0.332 e. The molecule has 0 aliphatic heterocycles. The van der Waals surface area contributed by atoms with Crippen LogP contribution >= 0.6 is 0 Å². The van der Waals surface area contributed by atoms with Crippen molar-refractivity contribution in [3.8, 4) is 0 Å². The van der Waals surface area contributed by atoms with Gasteiger partial charge in [-0.05, 0) is 0 Å². The molecule has 1 atom stereocenters. The molecular formula is C4H2F8O2. The molecule has 1 unspecified atom stereocenters. The molecule has 0 heterocycles. The first-order valence-corrected chi connectivity index (χ1v) is 2.74. The largest absolute Gasteiger partial charge is 0.483 e. The highest BCUT2D eigenvalue weighted by Crippen LogP contribution is 2.39. The molecule has 0 bridgehead atoms. The predicted octanol–water partition coefficient (Wildman–Crippen LogP) is 2.04. The van der Waals surface area contributed by atoms with Crippen molar-refractivity contribution in [2.45, 2.75) is 24.8 Å². The van der Waals surface area contributed by atoms with Crippen molar-refractivity contribution in [1.29, 1.82) is 0 Å². The standard InChI is InChI=1S/C4H2F8O2/c5-1(2(6,7)13)14-4(11,12)3(8,9)10/h1,13H. The highest BCUT2D eigenvalue weighted by atomic mass is 19.4. The van der Waals surface area contributed by atoms with Crippen LogP contribution in [0.15, 0.2) is 0 Å². The van der Waals surface area contributed by atoms with E-state index in [1.807, 2.05) is 4.74 Å². The minimum atomic E-state index is -6.34. The molecule has 0 aromatic carbocycles. The molecule has 0 aromatic rings. The molecule has 0 aromatic heterocycles. The van der Waals surface area contributed by atoms with Gasteiger partial charge in [0, 0.05) is 0 Å². The molecule has 0 rings (SSSR count). The third-order valence-electron chi connectivity index (χ3n) is 0.855. The number of aliphatic hydroxyl groups is 1. The molecule has 0 fully saturated rings. The van der Waals surface area contributed by atoms with Gasteiger partial charge in [-0.25, -0.2) is 4.39 Å². The van der Waals surface area contributed by atoms with Gasteiger partial charge in [-0.2, -0.15) is 30.7 Å². The highest BCUT2D eigenvalue weighted by Gasteiger charge is 2.63. The molecule has 0 aliphatic rings. The molecule has 14 heavy (non-hydrogen) atoms. The van der Waals surface area contributed by atoms with Gasteiger partial charge >= 0.3 is 18.4 Å². The Labute approximate surface area is 71.1 Å². The van der Waals surface area contributed by atoms with Crippen LogP contribution in [0.2, 0.25) is 0 Å². The van der Waals surface area contributed by atoms with Crippen molar-refractivity contribution in [3.63, 3.8) is 0 Å². The van der Waals surface area contributed by atoms with Gasteiger partial charge in [0.15, 0.2) is 0 Å². The molecule has 0 aliphatic carbocycles. The molecule has 0 amide bonds. The molecular weight excluding hydrogens is 232 g/mol. The first-order valence-electron chi connectivity index (χ1n) is 2.74. The van der Waals surface area contributed by atoms with Gasteiger partial charge in [-0.15, -0.1) is 0 Å². The number of ether oxygens (including phenoxy) is 1. The van der Waals surface area contributed by atoms with Gasteiger partial charge in [-0.1, -0.05) is 0 Å². The van der Waals surface area contributed by atoms with Crippen LogP contribution in [0.25, 0.3) is 0 Å². The van der Waals surface area contributed by atoms with Crippen LogP contribution in [0.5, 0.6) is 0 Å². The predicted molar refractivity (Wildman–Crippen MR) is 24.1 cm³/mol. The Morgan fingerprint density at radius 3 is 1.50 bits per heavy atom. The van der Waals surface area contributed by atoms with Crippen molar-refractivity contribution < 1.29 is 45.0 Å². The first-order chi connectivity index (χ1) is 5.88. The van der Waals surface area contributed by atoms with Gasteiger partial charge in [0.1, 0.15) is 0 Å². The van der Waals surface area contributed by atoms with Crippen molar-refractivity contribution in [2.24, 2.45) is 0 Å². The molecule has 1 N–H and O–H groups in total. The Kier molecular flexibility index (Phi) is 3.34. The van der Waals surface area contributed by atoms with Crippen molar-refractivity contribution in [1.82, 2.24) is 0 Å². The summed E-state index contributed by atoms with van der Waals surface area (Å²) in [6, 6.07) is 0. The van der Waals surface area contributed by atoms with Crippen LogP contribution < -0.4 is 0 Å². The number of alkyl halides is 8. The molecule has 0 radical (unpaired) electrons. The maximum Gasteiger partial charge on any atom is 0.483 e. The lowest BCUT2D eigenvalue weighted by atomic mass is 10.5. The summed E-state index contributed by atoms with van der Waals surface area (Å²) in [6.45, 7) is 0. The van der Waals surface area contributed by atoms with Crippen molar-refractivity contribution >= 4 is 0 Å². The minimum absolute atomic E-state index is 2.04. The second kappa shape index (κ2) is 3.50. The summed E-state index contributed by atoms with van der Waals surface area (Å²) in [5, 5.41) is 7.38. The van der Waals surface area contributed by atoms with Gasteiger partial charge in [0.2, 0.25) is 0 Å². The topological polar surface area (TPSA) is 29.5 Å². The van der Waals surface area contributed by atoms with E-state index in [9.17, 15) is 35.1 Å². The SMILES string of the molecule is OC(F)(F)C(F)OC(F)(F)C(F)(F)F. The number of rotatable bonds is 3. The third kappa shape index (κ3) is 3.25. The van der Waals surface area contributed by atoms with E-state index in [0.29, 0.717) is 0 Å². The Morgan fingerprint density at radius 1 is 0.929 bits per heavy atom. The number of hydrogen-bond donors (Lipinski definition) is 1. The lowest BCUT2D eigenvalue weighted by Crippen LogP contribution is -2.45. The summed E-state index contributed by atoms with van der Waals surface area (Å²) >= 11 is 0. The second-order valence-corrected chi connectivity index (χ2v) is 2.04. The Balaban J connectivity index is 4.53. The molecule has 0 saturated carbocycles. The second-order valence-electron chi connectivity index (χ2n) is 2.04. The Morgan fingerprint density at radius 2 is 1.29 bits per heavy atom. The molecule has 0 saturated heterocycles. The lowest BCUT2D eigenvalue weighted by molar-refractivity contribution is -0.445. The van der Waals surface area contributed by atoms with E-state index in [1.54, 1.807) is 0 Å². The summed E-state index contributed by atoms with van der Waals surface area (Å²) in [4.78, 5) is 0. The quantitative estimate of drug-likeness (QED) is 0.757. The third-order valence-corrected chi connectivity index (χ3v) is 0.855. The van der Waals surface area contributed by atoms with Crippen LogP contribution in [0.1, 0.15) is 0 Å². The van der Waals surface area contributed by atoms with Crippen LogP contribution in [0, 0.1) is 0 Å². The summed E-state index contributed by atoms with van der Waals surface area (Å²) in [7, 11) is 0. The van der Waals surface area contributed by atoms with Crippen molar-refractivity contribution in [3.05, 3.63) is 0 Å². The van der Waals surface area contributed by atoms with Crippen LogP contribution in [-0.2, 0) is 4.74 Å². The lowest BCUT2D eigenvalue weighted by Gasteiger charge is -2.23. The normalized spacial score (nSPS) is 16.9. The van der Waals surface area contributed by atoms with Crippen molar-refractivity contribution in [2.75, 3.05) is 0 Å². The number of halogens is 8. The van der Waals surface area contributed by atoms with Gasteiger partial charge < -0.3 is 5.11 Å². The maximum atomic E-state index is 11.7. The van der Waals surface area contributed by atoms with E-state index in [1.165, 1.54) is 0 Å². The average molecular weight is 234 g/mol. The molecule has 86 valence electrons. The summed E-state index contributed by atoms with van der Waals surface area (Å²) < 4.78 is 93.6. The van der Waals surface area contributed by atoms with E-state index >= 15 is 0 Å². The molecule has 2 nitrogen and oxygen atoms in total. The molecule has 10 heteroatoms. The smallest absolute Gasteiger partial charge is 0.332 e. The summed E-state index contributed by atoms with van der Waals surface area (Å²) in [5.74, 6) is 0. The fourth-order valence-electron chi connectivity index (χ4n) is 0.268. The average Bonchev–Trinajstić information content (AvgIpc) is 1.80. The zero-order valence-electron chi connectivity index (χ0n) is 5.96. The zero-order valence-corrected chi connectivity index (χ0v) is 5.96. The van der Waals surface area contributed by atoms with E-state index in [0.717, 1.165) is 0 Å². The van der Waals surface area contributed by atoms with E-state index in [-0.39, 0.29) is 0 Å². The van der Waals surface area contributed by atoms with Gasteiger partial charge in [0.05, 0.1) is 0 Å². The van der Waals surface area contributed by atoms with E-state index in [4.69, 9.17) is 5.11 Å². The summed E-state index contributed by atoms with van der Waals surface area (Å²) in [6.07, 6.45) is -22.4. The molecule has 0 spiro atoms. The van der Waals surface area contributed by atoms with E-state index in [2.05, 4.69) is 0 Å². The zero-order chi connectivity index (χ0) is 11.8. The first kappa shape index (κ1) is 13.4. The Hall–Kier alpha value is -0.640. The monoisotopic (exact) mass is 234 g/mol. The fourth-order valence-corrected chi connectivity index (χ4v) is 0.268. The highest BCUT2D eigenvalue weighted by molar-refractivity contribution is 4.67. The van der Waals surface area contributed by atoms with Crippen LogP contribution in [-0.4, -0.2) is 29.9 Å². The Bertz CT molecular complexity index is 192. The maximum absolute atomic E-state index is 11.7. The van der Waals surface area contributed by atoms with Crippen LogP contribution in [0.4, 0.5) is 35.1 Å².